The van der Waals surface area contributed by atoms with Crippen molar-refractivity contribution >= 4 is 29.1 Å². The molecule has 29 heavy (non-hydrogen) atoms. The molecule has 2 amide bonds. The summed E-state index contributed by atoms with van der Waals surface area (Å²) < 4.78 is 5.73. The summed E-state index contributed by atoms with van der Waals surface area (Å²) >= 11 is 5.88. The summed E-state index contributed by atoms with van der Waals surface area (Å²) in [6, 6.07) is 12.7. The Hall–Kier alpha value is -2.53. The number of benzene rings is 2. The molecule has 0 bridgehead atoms. The second-order valence-electron chi connectivity index (χ2n) is 7.28. The van der Waals surface area contributed by atoms with Gasteiger partial charge in [0, 0.05) is 29.7 Å². The van der Waals surface area contributed by atoms with E-state index in [0.717, 1.165) is 36.3 Å². The number of carbonyl (C=O) groups is 2. The van der Waals surface area contributed by atoms with Crippen LogP contribution >= 0.6 is 11.6 Å². The number of anilines is 1. The number of hydrogen-bond acceptors (Lipinski definition) is 3. The number of rotatable bonds is 9. The highest BCUT2D eigenvalue weighted by Crippen LogP contribution is 2.37. The summed E-state index contributed by atoms with van der Waals surface area (Å²) in [4.78, 5) is 26.4. The fourth-order valence-electron chi connectivity index (χ4n) is 3.54. The van der Waals surface area contributed by atoms with Gasteiger partial charge < -0.3 is 15.0 Å². The van der Waals surface area contributed by atoms with Crippen molar-refractivity contribution in [3.05, 3.63) is 58.6 Å². The Morgan fingerprint density at radius 3 is 2.62 bits per heavy atom. The molecule has 0 radical (unpaired) electrons. The van der Waals surface area contributed by atoms with Gasteiger partial charge in [-0.15, -0.1) is 0 Å². The maximum atomic E-state index is 13.0. The van der Waals surface area contributed by atoms with E-state index in [-0.39, 0.29) is 11.8 Å². The smallest absolute Gasteiger partial charge is 0.254 e. The van der Waals surface area contributed by atoms with E-state index in [1.807, 2.05) is 18.2 Å². The fourth-order valence-corrected chi connectivity index (χ4v) is 3.67. The molecule has 5 nitrogen and oxygen atoms in total. The number of amides is 2. The first-order chi connectivity index (χ1) is 14.0. The fraction of sp³-hybridized carbons (Fsp3) is 0.391. The van der Waals surface area contributed by atoms with E-state index in [2.05, 4.69) is 24.4 Å². The van der Waals surface area contributed by atoms with Gasteiger partial charge in [0.25, 0.3) is 5.91 Å². The van der Waals surface area contributed by atoms with Crippen LogP contribution in [-0.2, 0) is 16.0 Å². The van der Waals surface area contributed by atoms with Crippen LogP contribution in [0.25, 0.3) is 0 Å². The molecule has 1 heterocycles. The molecule has 154 valence electrons. The van der Waals surface area contributed by atoms with E-state index in [1.165, 1.54) is 12.5 Å². The topological polar surface area (TPSA) is 58.6 Å². The number of nitrogens with zero attached hydrogens (tertiary/aromatic N) is 1. The summed E-state index contributed by atoms with van der Waals surface area (Å²) in [5.74, 6) is 0.453. The molecule has 0 saturated heterocycles. The van der Waals surface area contributed by atoms with Crippen LogP contribution in [-0.4, -0.2) is 25.0 Å². The molecule has 1 aliphatic rings. The van der Waals surface area contributed by atoms with E-state index in [4.69, 9.17) is 16.3 Å². The Bertz CT molecular complexity index is 867. The van der Waals surface area contributed by atoms with Gasteiger partial charge in [0.2, 0.25) is 5.91 Å². The largest absolute Gasteiger partial charge is 0.494 e. The quantitative estimate of drug-likeness (QED) is 0.606. The lowest BCUT2D eigenvalue weighted by Crippen LogP contribution is -2.37. The van der Waals surface area contributed by atoms with Crippen LogP contribution in [0, 0.1) is 0 Å². The number of ether oxygens (including phenoxy) is 1. The van der Waals surface area contributed by atoms with E-state index in [0.29, 0.717) is 24.6 Å². The van der Waals surface area contributed by atoms with Crippen molar-refractivity contribution in [3.8, 4) is 5.75 Å². The zero-order valence-electron chi connectivity index (χ0n) is 16.9. The Morgan fingerprint density at radius 1 is 1.17 bits per heavy atom. The third-order valence-electron chi connectivity index (χ3n) is 4.98. The molecule has 0 saturated carbocycles. The van der Waals surface area contributed by atoms with E-state index in [1.54, 1.807) is 17.0 Å². The highest BCUT2D eigenvalue weighted by molar-refractivity contribution is 6.30. The highest BCUT2D eigenvalue weighted by Gasteiger charge is 2.37. The van der Waals surface area contributed by atoms with E-state index >= 15 is 0 Å². The van der Waals surface area contributed by atoms with Gasteiger partial charge in [-0.1, -0.05) is 37.1 Å². The molecule has 0 fully saturated rings. The van der Waals surface area contributed by atoms with Crippen LogP contribution in [0.5, 0.6) is 5.75 Å². The van der Waals surface area contributed by atoms with Gasteiger partial charge in [0.15, 0.2) is 0 Å². The second-order valence-corrected chi connectivity index (χ2v) is 7.71. The van der Waals surface area contributed by atoms with Gasteiger partial charge in [-0.2, -0.15) is 0 Å². The van der Waals surface area contributed by atoms with Gasteiger partial charge in [0.1, 0.15) is 11.8 Å². The average molecular weight is 415 g/mol. The third kappa shape index (κ3) is 5.30. The number of hydrogen-bond donors (Lipinski definition) is 1. The Balaban J connectivity index is 1.67. The summed E-state index contributed by atoms with van der Waals surface area (Å²) in [6.45, 7) is 4.62. The minimum atomic E-state index is -0.610. The van der Waals surface area contributed by atoms with Crippen molar-refractivity contribution in [2.75, 3.05) is 18.1 Å². The van der Waals surface area contributed by atoms with E-state index < -0.39 is 6.04 Å². The van der Waals surface area contributed by atoms with Crippen LogP contribution in [0.15, 0.2) is 42.5 Å². The lowest BCUT2D eigenvalue weighted by Gasteiger charge is -2.18. The number of halogens is 1. The Kier molecular flexibility index (Phi) is 7.15. The molecular weight excluding hydrogens is 388 g/mol. The number of fused-ring (bicyclic) bond motifs is 1. The van der Waals surface area contributed by atoms with Crippen LogP contribution < -0.4 is 15.0 Å². The maximum Gasteiger partial charge on any atom is 0.254 e. The highest BCUT2D eigenvalue weighted by atomic mass is 35.5. The normalized spacial score (nSPS) is 15.3. The van der Waals surface area contributed by atoms with Crippen molar-refractivity contribution in [2.45, 2.75) is 45.6 Å². The van der Waals surface area contributed by atoms with Crippen molar-refractivity contribution in [2.24, 2.45) is 0 Å². The van der Waals surface area contributed by atoms with Crippen LogP contribution in [0.2, 0.25) is 5.02 Å². The molecule has 1 aliphatic heterocycles. The van der Waals surface area contributed by atoms with Gasteiger partial charge in [-0.3, -0.25) is 9.59 Å². The lowest BCUT2D eigenvalue weighted by atomic mass is 10.0. The zero-order chi connectivity index (χ0) is 20.8. The molecule has 0 spiro atoms. The van der Waals surface area contributed by atoms with Crippen molar-refractivity contribution in [1.82, 2.24) is 5.32 Å². The number of nitrogens with one attached hydrogen (secondary N) is 1. The summed E-state index contributed by atoms with van der Waals surface area (Å²) in [6.07, 6.45) is 3.87. The Labute approximate surface area is 177 Å². The summed E-state index contributed by atoms with van der Waals surface area (Å²) in [5.41, 5.74) is 2.96. The Morgan fingerprint density at radius 2 is 1.93 bits per heavy atom. The van der Waals surface area contributed by atoms with Crippen molar-refractivity contribution < 1.29 is 14.3 Å². The first-order valence-corrected chi connectivity index (χ1v) is 10.5. The molecule has 1 atom stereocenters. The van der Waals surface area contributed by atoms with Crippen molar-refractivity contribution in [1.29, 1.82) is 0 Å². The lowest BCUT2D eigenvalue weighted by molar-refractivity contribution is -0.126. The summed E-state index contributed by atoms with van der Waals surface area (Å²) in [7, 11) is 0. The second kappa shape index (κ2) is 9.79. The van der Waals surface area contributed by atoms with Crippen LogP contribution in [0.1, 0.15) is 50.3 Å². The molecule has 2 aromatic rings. The first kappa shape index (κ1) is 21.2. The molecule has 6 heteroatoms. The molecule has 1 N–H and O–H groups in total. The van der Waals surface area contributed by atoms with E-state index in [9.17, 15) is 9.59 Å². The molecular formula is C23H27ClN2O3. The first-order valence-electron chi connectivity index (χ1n) is 10.1. The molecule has 0 unspecified atom stereocenters. The predicted octanol–water partition coefficient (Wildman–Crippen LogP) is 4.68. The third-order valence-corrected chi connectivity index (χ3v) is 5.23. The maximum absolute atomic E-state index is 13.0. The molecule has 2 aromatic carbocycles. The molecule has 3 rings (SSSR count). The van der Waals surface area contributed by atoms with Crippen molar-refractivity contribution in [3.63, 3.8) is 0 Å². The molecule has 0 aliphatic carbocycles. The minimum absolute atomic E-state index is 0.0886. The average Bonchev–Trinajstić information content (AvgIpc) is 2.95. The standard InChI is InChI=1S/C23H27ClN2O3/c1-3-4-6-17-7-12-21-20(15-17)22(25-16(2)27)23(28)26(21)13-5-14-29-19-10-8-18(24)9-11-19/h7-12,15,22H,3-6,13-14H2,1-2H3,(H,25,27)/t22-/m1/s1. The summed E-state index contributed by atoms with van der Waals surface area (Å²) in [5, 5.41) is 3.47. The number of carbonyl (C=O) groups excluding carboxylic acids is 2. The van der Waals surface area contributed by atoms with Gasteiger partial charge >= 0.3 is 0 Å². The minimum Gasteiger partial charge on any atom is -0.494 e. The van der Waals surface area contributed by atoms with Crippen LogP contribution in [0.4, 0.5) is 5.69 Å². The number of unbranched alkanes of at least 4 members (excludes halogenated alkanes) is 1. The van der Waals surface area contributed by atoms with Gasteiger partial charge in [-0.05, 0) is 55.2 Å². The number of aryl methyl sites for hydroxylation is 1. The molecule has 0 aromatic heterocycles. The zero-order valence-corrected chi connectivity index (χ0v) is 17.7. The van der Waals surface area contributed by atoms with Gasteiger partial charge in [0.05, 0.1) is 6.61 Å². The monoisotopic (exact) mass is 414 g/mol. The van der Waals surface area contributed by atoms with Gasteiger partial charge in [-0.25, -0.2) is 0 Å². The van der Waals surface area contributed by atoms with Crippen LogP contribution in [0.3, 0.4) is 0 Å². The predicted molar refractivity (Wildman–Crippen MR) is 116 cm³/mol. The SMILES string of the molecule is CCCCc1ccc2c(c1)[C@@H](NC(C)=O)C(=O)N2CCCOc1ccc(Cl)cc1.